The molecule has 0 aliphatic rings. The number of nitrogen functional groups attached to an aromatic ring is 1. The van der Waals surface area contributed by atoms with Gasteiger partial charge in [-0.05, 0) is 28.1 Å². The van der Waals surface area contributed by atoms with Gasteiger partial charge in [-0.1, -0.05) is 6.07 Å². The van der Waals surface area contributed by atoms with Crippen LogP contribution in [-0.2, 0) is 4.74 Å². The summed E-state index contributed by atoms with van der Waals surface area (Å²) in [5, 5.41) is 0. The van der Waals surface area contributed by atoms with E-state index in [4.69, 9.17) is 5.73 Å². The Labute approximate surface area is 93.3 Å². The fourth-order valence-corrected chi connectivity index (χ4v) is 1.35. The highest BCUT2D eigenvalue weighted by Gasteiger charge is 2.14. The molecular formula is C9H8BrF2NO2. The molecule has 0 aromatic heterocycles. The Morgan fingerprint density at radius 3 is 2.80 bits per heavy atom. The van der Waals surface area contributed by atoms with Crippen LogP contribution in [0.2, 0.25) is 0 Å². The molecule has 0 spiro atoms. The summed E-state index contributed by atoms with van der Waals surface area (Å²) in [6, 6.07) is 4.56. The van der Waals surface area contributed by atoms with Crippen LogP contribution in [0.1, 0.15) is 10.4 Å². The lowest BCUT2D eigenvalue weighted by atomic mass is 10.2. The van der Waals surface area contributed by atoms with Gasteiger partial charge in [0.2, 0.25) is 0 Å². The van der Waals surface area contributed by atoms with E-state index in [-0.39, 0.29) is 5.56 Å². The number of anilines is 1. The molecule has 82 valence electrons. The number of carbonyl (C=O) groups excluding carboxylic acids is 1. The van der Waals surface area contributed by atoms with Gasteiger partial charge in [0.25, 0.3) is 6.43 Å². The molecule has 0 unspecified atom stereocenters. The topological polar surface area (TPSA) is 52.3 Å². The first kappa shape index (κ1) is 11.9. The molecule has 0 radical (unpaired) electrons. The van der Waals surface area contributed by atoms with Crippen molar-refractivity contribution < 1.29 is 18.3 Å². The lowest BCUT2D eigenvalue weighted by Crippen LogP contribution is -2.12. The van der Waals surface area contributed by atoms with Gasteiger partial charge in [-0.3, -0.25) is 0 Å². The number of nitrogens with two attached hydrogens (primary N) is 1. The van der Waals surface area contributed by atoms with Gasteiger partial charge in [-0.25, -0.2) is 13.6 Å². The van der Waals surface area contributed by atoms with Crippen LogP contribution in [0, 0.1) is 0 Å². The molecule has 1 aromatic carbocycles. The fourth-order valence-electron chi connectivity index (χ4n) is 0.924. The smallest absolute Gasteiger partial charge is 0.339 e. The number of hydrogen-bond acceptors (Lipinski definition) is 3. The Morgan fingerprint density at radius 1 is 1.53 bits per heavy atom. The molecule has 0 atom stereocenters. The molecule has 3 nitrogen and oxygen atoms in total. The third-order valence-electron chi connectivity index (χ3n) is 1.59. The van der Waals surface area contributed by atoms with E-state index in [1.165, 1.54) is 6.07 Å². The summed E-state index contributed by atoms with van der Waals surface area (Å²) in [6.07, 6.45) is -2.67. The van der Waals surface area contributed by atoms with Crippen LogP contribution in [0.3, 0.4) is 0 Å². The number of esters is 1. The maximum absolute atomic E-state index is 11.8. The molecule has 15 heavy (non-hydrogen) atoms. The minimum absolute atomic E-state index is 0.135. The van der Waals surface area contributed by atoms with Crippen LogP contribution in [0.5, 0.6) is 0 Å². The Balaban J connectivity index is 2.78. The number of ether oxygens (including phenoxy) is 1. The zero-order valence-electron chi connectivity index (χ0n) is 7.54. The third kappa shape index (κ3) is 3.16. The van der Waals surface area contributed by atoms with Crippen molar-refractivity contribution in [1.82, 2.24) is 0 Å². The lowest BCUT2D eigenvalue weighted by molar-refractivity contribution is 0.0159. The lowest BCUT2D eigenvalue weighted by Gasteiger charge is -2.06. The first-order valence-corrected chi connectivity index (χ1v) is 4.81. The summed E-state index contributed by atoms with van der Waals surface area (Å²) in [4.78, 5) is 11.3. The molecular weight excluding hydrogens is 272 g/mol. The minimum Gasteiger partial charge on any atom is -0.456 e. The van der Waals surface area contributed by atoms with Crippen molar-refractivity contribution in [2.75, 3.05) is 12.3 Å². The fraction of sp³-hybridized carbons (Fsp3) is 0.222. The van der Waals surface area contributed by atoms with Crippen LogP contribution >= 0.6 is 15.9 Å². The van der Waals surface area contributed by atoms with Gasteiger partial charge in [0.05, 0.1) is 10.0 Å². The highest BCUT2D eigenvalue weighted by atomic mass is 79.9. The molecule has 0 aliphatic heterocycles. The van der Waals surface area contributed by atoms with Crippen molar-refractivity contribution in [2.45, 2.75) is 6.43 Å². The number of benzene rings is 1. The SMILES string of the molecule is Nc1cccc(C(=O)OCC(F)F)c1Br. The van der Waals surface area contributed by atoms with E-state index in [9.17, 15) is 13.6 Å². The predicted octanol–water partition coefficient (Wildman–Crippen LogP) is 2.45. The Bertz CT molecular complexity index is 371. The van der Waals surface area contributed by atoms with Crippen LogP contribution < -0.4 is 5.73 Å². The zero-order valence-corrected chi connectivity index (χ0v) is 9.13. The molecule has 0 saturated carbocycles. The van der Waals surface area contributed by atoms with Gasteiger partial charge in [0, 0.05) is 5.69 Å². The minimum atomic E-state index is -2.67. The van der Waals surface area contributed by atoms with Crippen LogP contribution in [0.25, 0.3) is 0 Å². The van der Waals surface area contributed by atoms with E-state index in [0.29, 0.717) is 10.2 Å². The Hall–Kier alpha value is -1.17. The summed E-state index contributed by atoms with van der Waals surface area (Å²) < 4.78 is 28.3. The van der Waals surface area contributed by atoms with Crippen LogP contribution in [0.15, 0.2) is 22.7 Å². The number of halogens is 3. The van der Waals surface area contributed by atoms with E-state index < -0.39 is 19.0 Å². The largest absolute Gasteiger partial charge is 0.456 e. The van der Waals surface area contributed by atoms with E-state index in [1.807, 2.05) is 0 Å². The molecule has 0 bridgehead atoms. The number of alkyl halides is 2. The number of hydrogen-bond donors (Lipinski definition) is 1. The van der Waals surface area contributed by atoms with Gasteiger partial charge >= 0.3 is 5.97 Å². The summed E-state index contributed by atoms with van der Waals surface area (Å²) in [5.74, 6) is -0.825. The molecule has 0 aliphatic carbocycles. The van der Waals surface area contributed by atoms with E-state index in [0.717, 1.165) is 0 Å². The molecule has 2 N–H and O–H groups in total. The van der Waals surface area contributed by atoms with Gasteiger partial charge in [-0.15, -0.1) is 0 Å². The summed E-state index contributed by atoms with van der Waals surface area (Å²) >= 11 is 3.07. The zero-order chi connectivity index (χ0) is 11.4. The molecule has 1 rings (SSSR count). The van der Waals surface area contributed by atoms with Crippen LogP contribution in [-0.4, -0.2) is 19.0 Å². The summed E-state index contributed by atoms with van der Waals surface area (Å²) in [7, 11) is 0. The summed E-state index contributed by atoms with van der Waals surface area (Å²) in [6.45, 7) is -0.917. The van der Waals surface area contributed by atoms with E-state index in [2.05, 4.69) is 20.7 Å². The highest BCUT2D eigenvalue weighted by Crippen LogP contribution is 2.24. The van der Waals surface area contributed by atoms with Gasteiger partial charge in [0.15, 0.2) is 6.61 Å². The molecule has 1 aromatic rings. The maximum atomic E-state index is 11.8. The van der Waals surface area contributed by atoms with E-state index >= 15 is 0 Å². The van der Waals surface area contributed by atoms with Crippen molar-refractivity contribution in [3.05, 3.63) is 28.2 Å². The number of rotatable bonds is 3. The van der Waals surface area contributed by atoms with Crippen molar-refractivity contribution in [1.29, 1.82) is 0 Å². The average molecular weight is 280 g/mol. The van der Waals surface area contributed by atoms with Crippen molar-refractivity contribution >= 4 is 27.6 Å². The molecule has 0 saturated heterocycles. The quantitative estimate of drug-likeness (QED) is 0.683. The van der Waals surface area contributed by atoms with Gasteiger partial charge in [0.1, 0.15) is 0 Å². The molecule has 0 heterocycles. The van der Waals surface area contributed by atoms with E-state index in [1.54, 1.807) is 12.1 Å². The Kier molecular flexibility index (Phi) is 4.02. The van der Waals surface area contributed by atoms with Crippen molar-refractivity contribution in [3.8, 4) is 0 Å². The second kappa shape index (κ2) is 5.06. The monoisotopic (exact) mass is 279 g/mol. The summed E-state index contributed by atoms with van der Waals surface area (Å²) in [5.41, 5.74) is 6.00. The first-order valence-electron chi connectivity index (χ1n) is 4.01. The first-order chi connectivity index (χ1) is 7.02. The van der Waals surface area contributed by atoms with Crippen molar-refractivity contribution in [2.24, 2.45) is 0 Å². The molecule has 0 fully saturated rings. The number of carbonyl (C=O) groups is 1. The van der Waals surface area contributed by atoms with Crippen molar-refractivity contribution in [3.63, 3.8) is 0 Å². The molecule has 6 heteroatoms. The van der Waals surface area contributed by atoms with Gasteiger partial charge in [-0.2, -0.15) is 0 Å². The maximum Gasteiger partial charge on any atom is 0.339 e. The molecule has 0 amide bonds. The second-order valence-electron chi connectivity index (χ2n) is 2.70. The Morgan fingerprint density at radius 2 is 2.20 bits per heavy atom. The van der Waals surface area contributed by atoms with Gasteiger partial charge < -0.3 is 10.5 Å². The predicted molar refractivity (Wildman–Crippen MR) is 54.8 cm³/mol. The van der Waals surface area contributed by atoms with Crippen LogP contribution in [0.4, 0.5) is 14.5 Å². The standard InChI is InChI=1S/C9H8BrF2NO2/c10-8-5(2-1-3-6(8)13)9(14)15-4-7(11)12/h1-3,7H,4,13H2. The average Bonchev–Trinajstić information content (AvgIpc) is 2.18. The third-order valence-corrected chi connectivity index (χ3v) is 2.47. The second-order valence-corrected chi connectivity index (χ2v) is 3.49. The normalized spacial score (nSPS) is 10.4. The highest BCUT2D eigenvalue weighted by molar-refractivity contribution is 9.10.